The van der Waals surface area contributed by atoms with E-state index in [4.69, 9.17) is 21.4 Å². The molecule has 0 spiro atoms. The molecule has 1 aromatic carbocycles. The zero-order chi connectivity index (χ0) is 14.1. The van der Waals surface area contributed by atoms with Crippen molar-refractivity contribution in [3.8, 4) is 11.8 Å². The third-order valence-electron chi connectivity index (χ3n) is 2.15. The standard InChI is InChI=1S/C14H16ClNO3/c1-2-19-10-14(18)16-13-9-12(15)7-6-11(13)5-3-4-8-17/h6-7,9,17H,2,4,8,10H2,1H3,(H,16,18). The first-order chi connectivity index (χ1) is 9.17. The molecule has 0 aliphatic carbocycles. The van der Waals surface area contributed by atoms with Gasteiger partial charge in [-0.25, -0.2) is 0 Å². The van der Waals surface area contributed by atoms with Crippen LogP contribution in [0.2, 0.25) is 5.02 Å². The summed E-state index contributed by atoms with van der Waals surface area (Å²) in [6.45, 7) is 2.30. The Morgan fingerprint density at radius 3 is 3.00 bits per heavy atom. The molecule has 0 aliphatic heterocycles. The number of hydrogen-bond donors (Lipinski definition) is 2. The van der Waals surface area contributed by atoms with E-state index in [9.17, 15) is 4.79 Å². The maximum Gasteiger partial charge on any atom is 0.250 e. The Morgan fingerprint density at radius 2 is 2.32 bits per heavy atom. The molecule has 5 heteroatoms. The highest BCUT2D eigenvalue weighted by molar-refractivity contribution is 6.31. The van der Waals surface area contributed by atoms with E-state index in [1.54, 1.807) is 18.2 Å². The maximum atomic E-state index is 11.6. The summed E-state index contributed by atoms with van der Waals surface area (Å²) in [5, 5.41) is 11.9. The Balaban J connectivity index is 2.83. The molecule has 0 atom stereocenters. The maximum absolute atomic E-state index is 11.6. The molecule has 0 aliphatic rings. The molecule has 0 saturated carbocycles. The van der Waals surface area contributed by atoms with Crippen molar-refractivity contribution >= 4 is 23.2 Å². The first kappa shape index (κ1) is 15.5. The van der Waals surface area contributed by atoms with Crippen LogP contribution in [0.5, 0.6) is 0 Å². The van der Waals surface area contributed by atoms with Crippen molar-refractivity contribution in [2.45, 2.75) is 13.3 Å². The number of amides is 1. The fourth-order valence-electron chi connectivity index (χ4n) is 1.32. The number of carbonyl (C=O) groups excluding carboxylic acids is 1. The lowest BCUT2D eigenvalue weighted by Crippen LogP contribution is -2.18. The molecular weight excluding hydrogens is 266 g/mol. The van der Waals surface area contributed by atoms with Gasteiger partial charge in [-0.15, -0.1) is 0 Å². The van der Waals surface area contributed by atoms with Gasteiger partial charge in [0, 0.05) is 23.6 Å². The van der Waals surface area contributed by atoms with Crippen molar-refractivity contribution in [2.24, 2.45) is 0 Å². The highest BCUT2D eigenvalue weighted by Gasteiger charge is 2.06. The van der Waals surface area contributed by atoms with Gasteiger partial charge in [0.15, 0.2) is 0 Å². The summed E-state index contributed by atoms with van der Waals surface area (Å²) in [5.41, 5.74) is 1.20. The number of rotatable bonds is 5. The molecule has 1 aromatic rings. The van der Waals surface area contributed by atoms with Crippen LogP contribution < -0.4 is 5.32 Å². The molecule has 19 heavy (non-hydrogen) atoms. The zero-order valence-electron chi connectivity index (χ0n) is 10.7. The quantitative estimate of drug-likeness (QED) is 0.812. The van der Waals surface area contributed by atoms with Gasteiger partial charge in [-0.05, 0) is 25.1 Å². The minimum Gasteiger partial charge on any atom is -0.395 e. The normalized spacial score (nSPS) is 9.63. The first-order valence-electron chi connectivity index (χ1n) is 5.94. The highest BCUT2D eigenvalue weighted by Crippen LogP contribution is 2.20. The number of benzene rings is 1. The second-order valence-electron chi connectivity index (χ2n) is 3.65. The summed E-state index contributed by atoms with van der Waals surface area (Å²) >= 11 is 5.90. The molecule has 0 fully saturated rings. The minimum atomic E-state index is -0.255. The number of halogens is 1. The number of aliphatic hydroxyl groups excluding tert-OH is 1. The summed E-state index contributed by atoms with van der Waals surface area (Å²) in [7, 11) is 0. The predicted octanol–water partition coefficient (Wildman–Crippen LogP) is 2.05. The van der Waals surface area contributed by atoms with E-state index >= 15 is 0 Å². The SMILES string of the molecule is CCOCC(=O)Nc1cc(Cl)ccc1C#CCCO. The summed E-state index contributed by atoms with van der Waals surface area (Å²) in [6.07, 6.45) is 0.384. The Kier molecular flexibility index (Phi) is 6.98. The summed E-state index contributed by atoms with van der Waals surface area (Å²) in [4.78, 5) is 11.6. The number of hydrogen-bond acceptors (Lipinski definition) is 3. The number of nitrogens with one attached hydrogen (secondary N) is 1. The molecule has 0 saturated heterocycles. The molecule has 102 valence electrons. The molecule has 2 N–H and O–H groups in total. The molecule has 4 nitrogen and oxygen atoms in total. The van der Waals surface area contributed by atoms with Crippen molar-refractivity contribution in [2.75, 3.05) is 25.1 Å². The van der Waals surface area contributed by atoms with E-state index in [1.807, 2.05) is 6.92 Å². The number of aliphatic hydroxyl groups is 1. The van der Waals surface area contributed by atoms with Crippen molar-refractivity contribution < 1.29 is 14.6 Å². The largest absolute Gasteiger partial charge is 0.395 e. The van der Waals surface area contributed by atoms with E-state index in [0.29, 0.717) is 29.3 Å². The van der Waals surface area contributed by atoms with E-state index in [1.165, 1.54) is 0 Å². The topological polar surface area (TPSA) is 58.6 Å². The van der Waals surface area contributed by atoms with Crippen LogP contribution in [0.15, 0.2) is 18.2 Å². The van der Waals surface area contributed by atoms with Crippen molar-refractivity contribution in [3.05, 3.63) is 28.8 Å². The van der Waals surface area contributed by atoms with Crippen LogP contribution in [-0.4, -0.2) is 30.8 Å². The van der Waals surface area contributed by atoms with Crippen LogP contribution in [0.3, 0.4) is 0 Å². The smallest absolute Gasteiger partial charge is 0.250 e. The average molecular weight is 282 g/mol. The van der Waals surface area contributed by atoms with E-state index in [-0.39, 0.29) is 19.1 Å². The molecule has 1 amide bonds. The van der Waals surface area contributed by atoms with Gasteiger partial charge in [-0.3, -0.25) is 4.79 Å². The summed E-state index contributed by atoms with van der Waals surface area (Å²) < 4.78 is 5.02. The molecule has 0 unspecified atom stereocenters. The van der Waals surface area contributed by atoms with Gasteiger partial charge in [0.05, 0.1) is 12.3 Å². The van der Waals surface area contributed by atoms with Gasteiger partial charge >= 0.3 is 0 Å². The lowest BCUT2D eigenvalue weighted by atomic mass is 10.1. The molecule has 1 rings (SSSR count). The second-order valence-corrected chi connectivity index (χ2v) is 4.09. The number of carbonyl (C=O) groups is 1. The van der Waals surface area contributed by atoms with Gasteiger partial charge in [0.2, 0.25) is 5.91 Å². The Bertz CT molecular complexity index is 491. The van der Waals surface area contributed by atoms with Crippen LogP contribution in [0.25, 0.3) is 0 Å². The van der Waals surface area contributed by atoms with E-state index < -0.39 is 0 Å². The van der Waals surface area contributed by atoms with Crippen LogP contribution in [0, 0.1) is 11.8 Å². The number of anilines is 1. The Morgan fingerprint density at radius 1 is 1.53 bits per heavy atom. The minimum absolute atomic E-state index is 0.00657. The van der Waals surface area contributed by atoms with Crippen molar-refractivity contribution in [1.29, 1.82) is 0 Å². The third-order valence-corrected chi connectivity index (χ3v) is 2.39. The monoisotopic (exact) mass is 281 g/mol. The van der Waals surface area contributed by atoms with Crippen LogP contribution in [-0.2, 0) is 9.53 Å². The predicted molar refractivity (Wildman–Crippen MR) is 75.2 cm³/mol. The van der Waals surface area contributed by atoms with Crippen LogP contribution in [0.4, 0.5) is 5.69 Å². The lowest BCUT2D eigenvalue weighted by Gasteiger charge is -2.08. The van der Waals surface area contributed by atoms with Gasteiger partial charge in [0.25, 0.3) is 0 Å². The first-order valence-corrected chi connectivity index (χ1v) is 6.32. The molecule has 0 aromatic heterocycles. The van der Waals surface area contributed by atoms with Gasteiger partial charge < -0.3 is 15.2 Å². The highest BCUT2D eigenvalue weighted by atomic mass is 35.5. The van der Waals surface area contributed by atoms with Gasteiger partial charge in [-0.2, -0.15) is 0 Å². The van der Waals surface area contributed by atoms with Crippen LogP contribution >= 0.6 is 11.6 Å². The lowest BCUT2D eigenvalue weighted by molar-refractivity contribution is -0.120. The zero-order valence-corrected chi connectivity index (χ0v) is 11.5. The molecule has 0 bridgehead atoms. The molecule has 0 radical (unpaired) electrons. The Hall–Kier alpha value is -1.54. The van der Waals surface area contributed by atoms with E-state index in [0.717, 1.165) is 0 Å². The second kappa shape index (κ2) is 8.54. The van der Waals surface area contributed by atoms with Gasteiger partial charge in [-0.1, -0.05) is 23.4 Å². The van der Waals surface area contributed by atoms with Crippen molar-refractivity contribution in [1.82, 2.24) is 0 Å². The average Bonchev–Trinajstić information content (AvgIpc) is 2.39. The van der Waals surface area contributed by atoms with Gasteiger partial charge in [0.1, 0.15) is 6.61 Å². The third kappa shape index (κ3) is 5.75. The molecular formula is C14H16ClNO3. The fraction of sp³-hybridized carbons (Fsp3) is 0.357. The summed E-state index contributed by atoms with van der Waals surface area (Å²) in [6, 6.07) is 5.06. The molecule has 0 heterocycles. The van der Waals surface area contributed by atoms with E-state index in [2.05, 4.69) is 17.2 Å². The summed E-state index contributed by atoms with van der Waals surface area (Å²) in [5.74, 6) is 5.43. The fourth-order valence-corrected chi connectivity index (χ4v) is 1.50. The van der Waals surface area contributed by atoms with Crippen LogP contribution in [0.1, 0.15) is 18.9 Å². The van der Waals surface area contributed by atoms with Crippen molar-refractivity contribution in [3.63, 3.8) is 0 Å². The number of ether oxygens (including phenoxy) is 1. The Labute approximate surface area is 117 Å².